The molecule has 3 rings (SSSR count). The first-order valence-corrected chi connectivity index (χ1v) is 8.09. The van der Waals surface area contributed by atoms with Crippen LogP contribution in [0.1, 0.15) is 36.0 Å². The summed E-state index contributed by atoms with van der Waals surface area (Å²) in [6, 6.07) is 4.00. The number of amides is 1. The number of rotatable bonds is 2. The van der Waals surface area contributed by atoms with Crippen LogP contribution in [0, 0.1) is 0 Å². The summed E-state index contributed by atoms with van der Waals surface area (Å²) in [5.74, 6) is -0.128. The molecule has 2 saturated heterocycles. The average molecular weight is 328 g/mol. The molecule has 0 aliphatic carbocycles. The first kappa shape index (κ1) is 14.9. The second-order valence-electron chi connectivity index (χ2n) is 5.89. The first-order valence-electron chi connectivity index (χ1n) is 7.34. The molecule has 0 spiro atoms. The van der Waals surface area contributed by atoms with Crippen LogP contribution >= 0.6 is 23.2 Å². The lowest BCUT2D eigenvalue weighted by molar-refractivity contribution is 0.0896. The summed E-state index contributed by atoms with van der Waals surface area (Å²) < 4.78 is 0. The normalized spacial score (nSPS) is 25.6. The van der Waals surface area contributed by atoms with Gasteiger partial charge >= 0.3 is 0 Å². The zero-order valence-electron chi connectivity index (χ0n) is 11.7. The van der Waals surface area contributed by atoms with Gasteiger partial charge < -0.3 is 16.0 Å². The highest BCUT2D eigenvalue weighted by Crippen LogP contribution is 2.30. The highest BCUT2D eigenvalue weighted by atomic mass is 35.5. The molecule has 3 N–H and O–H groups in total. The highest BCUT2D eigenvalue weighted by Gasteiger charge is 2.32. The van der Waals surface area contributed by atoms with Crippen LogP contribution in [-0.2, 0) is 0 Å². The first-order chi connectivity index (χ1) is 10.0. The van der Waals surface area contributed by atoms with Crippen molar-refractivity contribution >= 4 is 34.8 Å². The van der Waals surface area contributed by atoms with E-state index in [4.69, 9.17) is 28.9 Å². The van der Waals surface area contributed by atoms with Crippen molar-refractivity contribution in [2.75, 3.05) is 18.8 Å². The molecule has 6 heteroatoms. The van der Waals surface area contributed by atoms with Crippen LogP contribution in [-0.4, -0.2) is 36.0 Å². The summed E-state index contributed by atoms with van der Waals surface area (Å²) in [5.41, 5.74) is 6.56. The van der Waals surface area contributed by atoms with Gasteiger partial charge in [0, 0.05) is 24.2 Å². The summed E-state index contributed by atoms with van der Waals surface area (Å²) in [4.78, 5) is 14.9. The van der Waals surface area contributed by atoms with Crippen molar-refractivity contribution in [1.29, 1.82) is 0 Å². The van der Waals surface area contributed by atoms with Crippen LogP contribution in [0.15, 0.2) is 12.1 Å². The Labute approximate surface area is 134 Å². The zero-order chi connectivity index (χ0) is 15.0. The van der Waals surface area contributed by atoms with E-state index < -0.39 is 0 Å². The lowest BCUT2D eigenvalue weighted by Crippen LogP contribution is -2.47. The number of carbonyl (C=O) groups is 1. The monoisotopic (exact) mass is 327 g/mol. The minimum absolute atomic E-state index is 0.128. The van der Waals surface area contributed by atoms with Crippen molar-refractivity contribution < 1.29 is 4.79 Å². The minimum atomic E-state index is -0.128. The van der Waals surface area contributed by atoms with Gasteiger partial charge in [0.2, 0.25) is 0 Å². The fourth-order valence-corrected chi connectivity index (χ4v) is 3.70. The van der Waals surface area contributed by atoms with E-state index >= 15 is 0 Å². The van der Waals surface area contributed by atoms with Gasteiger partial charge in [0.05, 0.1) is 15.7 Å². The van der Waals surface area contributed by atoms with E-state index in [1.807, 2.05) is 0 Å². The van der Waals surface area contributed by atoms with Gasteiger partial charge in [-0.2, -0.15) is 0 Å². The smallest absolute Gasteiger partial charge is 0.251 e. The van der Waals surface area contributed by atoms with Crippen molar-refractivity contribution in [2.45, 2.75) is 37.8 Å². The van der Waals surface area contributed by atoms with E-state index in [1.54, 1.807) is 12.1 Å². The molecule has 1 amide bonds. The third kappa shape index (κ3) is 3.12. The number of nitrogen functional groups attached to an aromatic ring is 1. The number of benzene rings is 1. The molecule has 2 atom stereocenters. The fraction of sp³-hybridized carbons (Fsp3) is 0.533. The summed E-state index contributed by atoms with van der Waals surface area (Å²) in [6.07, 6.45) is 4.54. The van der Waals surface area contributed by atoms with Gasteiger partial charge in [0.25, 0.3) is 5.91 Å². The second kappa shape index (κ2) is 6.03. The molecule has 21 heavy (non-hydrogen) atoms. The van der Waals surface area contributed by atoms with Crippen molar-refractivity contribution in [3.63, 3.8) is 0 Å². The van der Waals surface area contributed by atoms with Crippen LogP contribution in [0.2, 0.25) is 10.0 Å². The molecule has 1 aromatic carbocycles. The van der Waals surface area contributed by atoms with Crippen molar-refractivity contribution in [3.05, 3.63) is 27.7 Å². The van der Waals surface area contributed by atoms with E-state index in [0.29, 0.717) is 27.3 Å². The summed E-state index contributed by atoms with van der Waals surface area (Å²) in [7, 11) is 0. The molecule has 1 aromatic rings. The number of hydrogen-bond acceptors (Lipinski definition) is 3. The molecular formula is C15H19Cl2N3O. The van der Waals surface area contributed by atoms with Crippen LogP contribution in [0.25, 0.3) is 0 Å². The van der Waals surface area contributed by atoms with Gasteiger partial charge in [0.15, 0.2) is 0 Å². The predicted molar refractivity (Wildman–Crippen MR) is 86.0 cm³/mol. The van der Waals surface area contributed by atoms with E-state index in [1.165, 1.54) is 19.4 Å². The number of piperidine rings is 1. The summed E-state index contributed by atoms with van der Waals surface area (Å²) in [6.45, 7) is 2.27. The lowest BCUT2D eigenvalue weighted by Gasteiger charge is -2.35. The van der Waals surface area contributed by atoms with Gasteiger partial charge in [-0.15, -0.1) is 0 Å². The average Bonchev–Trinajstić information content (AvgIpc) is 2.91. The lowest BCUT2D eigenvalue weighted by atomic mass is 9.97. The molecule has 2 aliphatic rings. The maximum absolute atomic E-state index is 12.3. The molecule has 2 fully saturated rings. The van der Waals surface area contributed by atoms with Crippen LogP contribution in [0.5, 0.6) is 0 Å². The Morgan fingerprint density at radius 1 is 1.29 bits per heavy atom. The standard InChI is InChI=1S/C15H19Cl2N3O/c16-12-6-9(7-13(18)14(12)17)15(21)19-10-3-5-20-4-1-2-11(20)8-10/h6-7,10-11H,1-5,8,18H2,(H,19,21). The highest BCUT2D eigenvalue weighted by molar-refractivity contribution is 6.43. The molecule has 2 heterocycles. The molecule has 0 radical (unpaired) electrons. The van der Waals surface area contributed by atoms with Crippen LogP contribution in [0.3, 0.4) is 0 Å². The topological polar surface area (TPSA) is 58.4 Å². The minimum Gasteiger partial charge on any atom is -0.397 e. The Bertz CT molecular complexity index is 541. The third-order valence-corrected chi connectivity index (χ3v) is 5.29. The van der Waals surface area contributed by atoms with Crippen LogP contribution < -0.4 is 11.1 Å². The SMILES string of the molecule is Nc1cc(C(=O)NC2CCN3CCCC3C2)cc(Cl)c1Cl. The number of fused-ring (bicyclic) bond motifs is 1. The zero-order valence-corrected chi connectivity index (χ0v) is 13.3. The number of halogens is 2. The number of carbonyl (C=O) groups excluding carboxylic acids is 1. The molecular weight excluding hydrogens is 309 g/mol. The van der Waals surface area contributed by atoms with Crippen molar-refractivity contribution in [2.24, 2.45) is 0 Å². The van der Waals surface area contributed by atoms with E-state index in [9.17, 15) is 4.79 Å². The van der Waals surface area contributed by atoms with E-state index in [2.05, 4.69) is 10.2 Å². The largest absolute Gasteiger partial charge is 0.397 e. The number of nitrogens with zero attached hydrogens (tertiary/aromatic N) is 1. The summed E-state index contributed by atoms with van der Waals surface area (Å²) >= 11 is 11.9. The number of anilines is 1. The molecule has 4 nitrogen and oxygen atoms in total. The second-order valence-corrected chi connectivity index (χ2v) is 6.67. The van der Waals surface area contributed by atoms with Gasteiger partial charge in [-0.1, -0.05) is 23.2 Å². The quantitative estimate of drug-likeness (QED) is 0.821. The number of hydrogen-bond donors (Lipinski definition) is 2. The van der Waals surface area contributed by atoms with Gasteiger partial charge in [0.1, 0.15) is 0 Å². The maximum atomic E-state index is 12.3. The fourth-order valence-electron chi connectivity index (χ4n) is 3.37. The summed E-state index contributed by atoms with van der Waals surface area (Å²) in [5, 5.41) is 3.71. The van der Waals surface area contributed by atoms with Gasteiger partial charge in [-0.05, 0) is 44.4 Å². The van der Waals surface area contributed by atoms with Crippen LogP contribution in [0.4, 0.5) is 5.69 Å². The molecule has 0 aromatic heterocycles. The predicted octanol–water partition coefficient (Wildman–Crippen LogP) is 2.93. The number of nitrogens with one attached hydrogen (secondary N) is 1. The molecule has 0 bridgehead atoms. The Kier molecular flexibility index (Phi) is 4.29. The van der Waals surface area contributed by atoms with E-state index in [0.717, 1.165) is 19.4 Å². The third-order valence-electron chi connectivity index (χ3n) is 4.47. The maximum Gasteiger partial charge on any atom is 0.251 e. The van der Waals surface area contributed by atoms with Gasteiger partial charge in [-0.25, -0.2) is 0 Å². The molecule has 114 valence electrons. The van der Waals surface area contributed by atoms with Crippen molar-refractivity contribution in [1.82, 2.24) is 10.2 Å². The molecule has 2 aliphatic heterocycles. The van der Waals surface area contributed by atoms with Crippen molar-refractivity contribution in [3.8, 4) is 0 Å². The Morgan fingerprint density at radius 3 is 2.86 bits per heavy atom. The Morgan fingerprint density at radius 2 is 2.10 bits per heavy atom. The molecule has 2 unspecified atom stereocenters. The Balaban J connectivity index is 1.66. The number of nitrogens with two attached hydrogens (primary N) is 1. The van der Waals surface area contributed by atoms with Gasteiger partial charge in [-0.3, -0.25) is 4.79 Å². The van der Waals surface area contributed by atoms with E-state index in [-0.39, 0.29) is 11.9 Å². The Hall–Kier alpha value is -0.970. The molecule has 0 saturated carbocycles.